The number of carbonyl (C=O) groups is 2. The first-order valence-corrected chi connectivity index (χ1v) is 8.61. The van der Waals surface area contributed by atoms with Crippen molar-refractivity contribution in [3.63, 3.8) is 0 Å². The maximum absolute atomic E-state index is 11.1. The number of carboxylic acids is 2. The van der Waals surface area contributed by atoms with Gasteiger partial charge in [0.2, 0.25) is 0 Å². The molecule has 0 saturated heterocycles. The molecule has 136 valence electrons. The third-order valence-corrected chi connectivity index (χ3v) is 3.93. The van der Waals surface area contributed by atoms with Gasteiger partial charge < -0.3 is 10.2 Å². The molecule has 0 aromatic rings. The van der Waals surface area contributed by atoms with Crippen molar-refractivity contribution in [2.24, 2.45) is 5.92 Å². The Morgan fingerprint density at radius 1 is 0.833 bits per heavy atom. The molecule has 0 amide bonds. The fourth-order valence-electron chi connectivity index (χ4n) is 2.32. The van der Waals surface area contributed by atoms with E-state index >= 15 is 0 Å². The highest BCUT2D eigenvalue weighted by Crippen LogP contribution is 2.16. The minimum atomic E-state index is -0.948. The molecule has 1 atom stereocenters. The molecule has 0 rings (SSSR count). The summed E-state index contributed by atoms with van der Waals surface area (Å²) in [6.45, 7) is 8.36. The van der Waals surface area contributed by atoms with Crippen LogP contribution in [0.4, 0.5) is 0 Å². The molecule has 0 aromatic carbocycles. The predicted molar refractivity (Wildman–Crippen MR) is 98.0 cm³/mol. The number of rotatable bonds is 12. The number of allylic oxidation sites excluding steroid dienone is 6. The van der Waals surface area contributed by atoms with Gasteiger partial charge in [-0.3, -0.25) is 9.59 Å². The third kappa shape index (κ3) is 12.7. The minimum absolute atomic E-state index is 0.0997. The van der Waals surface area contributed by atoms with Crippen LogP contribution in [0, 0.1) is 5.92 Å². The summed E-state index contributed by atoms with van der Waals surface area (Å²) < 4.78 is 0. The van der Waals surface area contributed by atoms with Crippen LogP contribution in [0.5, 0.6) is 0 Å². The van der Waals surface area contributed by atoms with Crippen molar-refractivity contribution in [1.82, 2.24) is 0 Å². The zero-order valence-corrected chi connectivity index (χ0v) is 15.5. The van der Waals surface area contributed by atoms with Gasteiger partial charge in [-0.2, -0.15) is 0 Å². The maximum Gasteiger partial charge on any atom is 0.306 e. The summed E-state index contributed by atoms with van der Waals surface area (Å²) in [6, 6.07) is 0. The lowest BCUT2D eigenvalue weighted by atomic mass is 9.97. The first-order valence-electron chi connectivity index (χ1n) is 8.61. The molecule has 0 aliphatic rings. The molecule has 0 spiro atoms. The Balaban J connectivity index is 4.26. The fraction of sp³-hybridized carbons (Fsp3) is 0.600. The summed E-state index contributed by atoms with van der Waals surface area (Å²) in [4.78, 5) is 21.7. The van der Waals surface area contributed by atoms with Crippen molar-refractivity contribution in [3.8, 4) is 0 Å². The second-order valence-electron chi connectivity index (χ2n) is 6.66. The monoisotopic (exact) mass is 336 g/mol. The smallest absolute Gasteiger partial charge is 0.306 e. The number of carboxylic acid groups (broad SMARTS) is 2. The zero-order valence-electron chi connectivity index (χ0n) is 15.5. The second-order valence-corrected chi connectivity index (χ2v) is 6.66. The molecular weight excluding hydrogens is 304 g/mol. The van der Waals surface area contributed by atoms with Crippen molar-refractivity contribution in [2.45, 2.75) is 72.6 Å². The van der Waals surface area contributed by atoms with Crippen LogP contribution >= 0.6 is 0 Å². The molecule has 0 heterocycles. The van der Waals surface area contributed by atoms with E-state index in [2.05, 4.69) is 32.9 Å². The Bertz CT molecular complexity index is 494. The van der Waals surface area contributed by atoms with Gasteiger partial charge in [-0.1, -0.05) is 34.9 Å². The van der Waals surface area contributed by atoms with Gasteiger partial charge >= 0.3 is 11.9 Å². The topological polar surface area (TPSA) is 74.6 Å². The summed E-state index contributed by atoms with van der Waals surface area (Å²) in [7, 11) is 0. The summed E-state index contributed by atoms with van der Waals surface area (Å²) in [5, 5.41) is 17.8. The molecule has 0 bridgehead atoms. The van der Waals surface area contributed by atoms with Crippen molar-refractivity contribution in [2.75, 3.05) is 0 Å². The maximum atomic E-state index is 11.1. The molecule has 0 aromatic heterocycles. The average Bonchev–Trinajstić information content (AvgIpc) is 2.46. The molecule has 4 nitrogen and oxygen atoms in total. The highest BCUT2D eigenvalue weighted by molar-refractivity contribution is 5.72. The first kappa shape index (κ1) is 22.2. The molecule has 24 heavy (non-hydrogen) atoms. The van der Waals surface area contributed by atoms with Crippen LogP contribution in [-0.2, 0) is 9.59 Å². The van der Waals surface area contributed by atoms with Crippen molar-refractivity contribution in [3.05, 3.63) is 34.9 Å². The Morgan fingerprint density at radius 3 is 1.88 bits per heavy atom. The molecular formula is C20H32O4. The molecule has 0 saturated carbocycles. The van der Waals surface area contributed by atoms with Crippen molar-refractivity contribution >= 4 is 11.9 Å². The van der Waals surface area contributed by atoms with E-state index in [4.69, 9.17) is 10.2 Å². The fourth-order valence-corrected chi connectivity index (χ4v) is 2.32. The Hall–Kier alpha value is -1.84. The van der Waals surface area contributed by atoms with Gasteiger partial charge in [0.1, 0.15) is 0 Å². The van der Waals surface area contributed by atoms with Gasteiger partial charge in [-0.15, -0.1) is 0 Å². The number of hydrogen-bond acceptors (Lipinski definition) is 2. The van der Waals surface area contributed by atoms with E-state index in [1.165, 1.54) is 11.1 Å². The normalized spacial score (nSPS) is 13.5. The Morgan fingerprint density at radius 2 is 1.38 bits per heavy atom. The number of hydrogen-bond donors (Lipinski definition) is 2. The number of aliphatic carboxylic acids is 2. The molecule has 1 unspecified atom stereocenters. The van der Waals surface area contributed by atoms with Crippen molar-refractivity contribution in [1.29, 1.82) is 0 Å². The summed E-state index contributed by atoms with van der Waals surface area (Å²) >= 11 is 0. The predicted octanol–water partition coefficient (Wildman–Crippen LogP) is 5.36. The van der Waals surface area contributed by atoms with Crippen LogP contribution in [0.1, 0.15) is 72.6 Å². The summed E-state index contributed by atoms with van der Waals surface area (Å²) in [6.07, 6.45) is 10.9. The van der Waals surface area contributed by atoms with Crippen LogP contribution < -0.4 is 0 Å². The second kappa shape index (κ2) is 12.6. The van der Waals surface area contributed by atoms with Gasteiger partial charge in [0.15, 0.2) is 0 Å². The third-order valence-electron chi connectivity index (χ3n) is 3.93. The van der Waals surface area contributed by atoms with E-state index in [1.54, 1.807) is 0 Å². The van der Waals surface area contributed by atoms with Crippen LogP contribution in [0.15, 0.2) is 34.9 Å². The quantitative estimate of drug-likeness (QED) is 0.470. The van der Waals surface area contributed by atoms with Gasteiger partial charge in [-0.05, 0) is 66.2 Å². The highest BCUT2D eigenvalue weighted by Gasteiger charge is 2.17. The SMILES string of the molecule is CC(C)=CCC/C(C)=C/CC/C(C)=C/CC(CCC(=O)O)C(=O)O. The highest BCUT2D eigenvalue weighted by atomic mass is 16.4. The van der Waals surface area contributed by atoms with Crippen molar-refractivity contribution < 1.29 is 19.8 Å². The van der Waals surface area contributed by atoms with Crippen LogP contribution in [0.2, 0.25) is 0 Å². The van der Waals surface area contributed by atoms with E-state index in [1.807, 2.05) is 13.0 Å². The molecule has 0 aliphatic heterocycles. The van der Waals surface area contributed by atoms with Gasteiger partial charge in [-0.25, -0.2) is 0 Å². The van der Waals surface area contributed by atoms with E-state index in [0.717, 1.165) is 31.3 Å². The Kier molecular flexibility index (Phi) is 11.6. The van der Waals surface area contributed by atoms with Gasteiger partial charge in [0.05, 0.1) is 5.92 Å². The Labute approximate surface area is 146 Å². The van der Waals surface area contributed by atoms with E-state index in [0.29, 0.717) is 6.42 Å². The molecule has 0 radical (unpaired) electrons. The lowest BCUT2D eigenvalue weighted by molar-refractivity contribution is -0.142. The lowest BCUT2D eigenvalue weighted by Gasteiger charge is -2.09. The van der Waals surface area contributed by atoms with Gasteiger partial charge in [0, 0.05) is 6.42 Å². The molecule has 4 heteroatoms. The molecule has 2 N–H and O–H groups in total. The summed E-state index contributed by atoms with van der Waals surface area (Å²) in [5.74, 6) is -2.48. The summed E-state index contributed by atoms with van der Waals surface area (Å²) in [5.41, 5.74) is 3.88. The average molecular weight is 336 g/mol. The molecule has 0 fully saturated rings. The van der Waals surface area contributed by atoms with Crippen LogP contribution in [0.3, 0.4) is 0 Å². The molecule has 0 aliphatic carbocycles. The van der Waals surface area contributed by atoms with Crippen LogP contribution in [0.25, 0.3) is 0 Å². The largest absolute Gasteiger partial charge is 0.481 e. The van der Waals surface area contributed by atoms with E-state index in [9.17, 15) is 9.59 Å². The minimum Gasteiger partial charge on any atom is -0.481 e. The van der Waals surface area contributed by atoms with E-state index < -0.39 is 17.9 Å². The van der Waals surface area contributed by atoms with Gasteiger partial charge in [0.25, 0.3) is 0 Å². The van der Waals surface area contributed by atoms with Crippen LogP contribution in [-0.4, -0.2) is 22.2 Å². The lowest BCUT2D eigenvalue weighted by Crippen LogP contribution is -2.14. The first-order chi connectivity index (χ1) is 11.2. The van der Waals surface area contributed by atoms with E-state index in [-0.39, 0.29) is 12.8 Å². The standard InChI is InChI=1S/C20H32O4/c1-15(2)7-5-8-16(3)9-6-10-17(4)11-12-18(20(23)24)13-14-19(21)22/h7,9,11,18H,5-6,8,10,12-14H2,1-4H3,(H,21,22)(H,23,24)/b16-9+,17-11+. The zero-order chi connectivity index (χ0) is 18.5.